The van der Waals surface area contributed by atoms with Crippen LogP contribution in [0.4, 0.5) is 11.8 Å². The summed E-state index contributed by atoms with van der Waals surface area (Å²) in [6, 6.07) is 9.02. The van der Waals surface area contributed by atoms with Gasteiger partial charge in [-0.1, -0.05) is 36.8 Å². The van der Waals surface area contributed by atoms with Crippen molar-refractivity contribution in [3.05, 3.63) is 41.6 Å². The predicted octanol–water partition coefficient (Wildman–Crippen LogP) is 3.56. The third-order valence-electron chi connectivity index (χ3n) is 4.46. The lowest BCUT2D eigenvalue weighted by molar-refractivity contribution is 0.441. The summed E-state index contributed by atoms with van der Waals surface area (Å²) in [5, 5.41) is 11.8. The summed E-state index contributed by atoms with van der Waals surface area (Å²) < 4.78 is 0. The number of hydrogen-bond acceptors (Lipinski definition) is 5. The van der Waals surface area contributed by atoms with Gasteiger partial charge >= 0.3 is 0 Å². The van der Waals surface area contributed by atoms with E-state index in [0.29, 0.717) is 6.04 Å². The maximum Gasteiger partial charge on any atom is 0.247 e. The molecule has 0 spiro atoms. The third kappa shape index (κ3) is 3.97. The molecule has 122 valence electrons. The molecule has 2 heterocycles. The zero-order valence-corrected chi connectivity index (χ0v) is 14.0. The van der Waals surface area contributed by atoms with Crippen molar-refractivity contribution in [2.24, 2.45) is 0 Å². The topological polar surface area (TPSA) is 53.9 Å². The number of nitrogens with zero attached hydrogens (tertiary/aromatic N) is 4. The zero-order valence-electron chi connectivity index (χ0n) is 14.0. The molecule has 1 N–H and O–H groups in total. The van der Waals surface area contributed by atoms with E-state index in [9.17, 15) is 0 Å². The second-order valence-corrected chi connectivity index (χ2v) is 6.24. The van der Waals surface area contributed by atoms with Crippen molar-refractivity contribution in [2.75, 3.05) is 16.8 Å². The fraction of sp³-hybridized carbons (Fsp3) is 0.500. The molecule has 0 radical (unpaired) electrons. The van der Waals surface area contributed by atoms with Crippen LogP contribution in [0.25, 0.3) is 0 Å². The Morgan fingerprint density at radius 2 is 2.22 bits per heavy atom. The lowest BCUT2D eigenvalue weighted by Gasteiger charge is -2.34. The molecule has 1 aromatic heterocycles. The molecule has 1 aliphatic heterocycles. The van der Waals surface area contributed by atoms with Crippen LogP contribution in [-0.4, -0.2) is 27.8 Å². The first kappa shape index (κ1) is 15.7. The van der Waals surface area contributed by atoms with Crippen LogP contribution in [0.3, 0.4) is 0 Å². The quantitative estimate of drug-likeness (QED) is 0.915. The van der Waals surface area contributed by atoms with E-state index in [1.165, 1.54) is 30.4 Å². The summed E-state index contributed by atoms with van der Waals surface area (Å²) in [7, 11) is 0. The smallest absolute Gasteiger partial charge is 0.247 e. The largest absolute Gasteiger partial charge is 0.365 e. The van der Waals surface area contributed by atoms with Crippen LogP contribution in [0.2, 0.25) is 0 Å². The highest BCUT2D eigenvalue weighted by Crippen LogP contribution is 2.23. The van der Waals surface area contributed by atoms with Crippen LogP contribution >= 0.6 is 0 Å². The monoisotopic (exact) mass is 311 g/mol. The molecular formula is C18H25N5. The number of hydrogen-bond donors (Lipinski definition) is 1. The van der Waals surface area contributed by atoms with E-state index in [4.69, 9.17) is 0 Å². The van der Waals surface area contributed by atoms with Crippen molar-refractivity contribution in [2.45, 2.75) is 52.1 Å². The standard InChI is InChI=1S/C18H25N5/c1-3-16-9-4-5-10-23(16)18-21-17(13-20-22-18)19-12-15-8-6-7-14(2)11-15/h6-8,11,13,16H,3-5,9-10,12H2,1-2H3,(H,19,21,22). The van der Waals surface area contributed by atoms with E-state index in [1.807, 2.05) is 0 Å². The first-order valence-corrected chi connectivity index (χ1v) is 8.52. The average molecular weight is 311 g/mol. The van der Waals surface area contributed by atoms with Gasteiger partial charge in [0.1, 0.15) is 0 Å². The van der Waals surface area contributed by atoms with E-state index >= 15 is 0 Å². The maximum absolute atomic E-state index is 4.67. The van der Waals surface area contributed by atoms with Crippen molar-refractivity contribution in [3.8, 4) is 0 Å². The molecule has 0 bridgehead atoms. The molecule has 1 saturated heterocycles. The van der Waals surface area contributed by atoms with Gasteiger partial charge in [0.05, 0.1) is 6.20 Å². The summed E-state index contributed by atoms with van der Waals surface area (Å²) in [5.41, 5.74) is 2.51. The lowest BCUT2D eigenvalue weighted by atomic mass is 10.0. The van der Waals surface area contributed by atoms with Gasteiger partial charge in [-0.05, 0) is 38.2 Å². The first-order chi connectivity index (χ1) is 11.3. The van der Waals surface area contributed by atoms with E-state index in [1.54, 1.807) is 6.20 Å². The van der Waals surface area contributed by atoms with Crippen molar-refractivity contribution in [1.82, 2.24) is 15.2 Å². The minimum atomic E-state index is 0.539. The van der Waals surface area contributed by atoms with Gasteiger partial charge < -0.3 is 10.2 Å². The summed E-state index contributed by atoms with van der Waals surface area (Å²) in [4.78, 5) is 6.99. The zero-order chi connectivity index (χ0) is 16.1. The van der Waals surface area contributed by atoms with Gasteiger partial charge in [-0.25, -0.2) is 0 Å². The Bertz CT molecular complexity index is 643. The molecule has 1 fully saturated rings. The van der Waals surface area contributed by atoms with Gasteiger partial charge in [0.2, 0.25) is 5.95 Å². The molecule has 0 aliphatic carbocycles. The van der Waals surface area contributed by atoms with Gasteiger partial charge in [-0.15, -0.1) is 5.10 Å². The Labute approximate surface area is 138 Å². The lowest BCUT2D eigenvalue weighted by Crippen LogP contribution is -2.40. The average Bonchev–Trinajstić information content (AvgIpc) is 2.60. The molecule has 1 aliphatic rings. The number of nitrogens with one attached hydrogen (secondary N) is 1. The molecule has 1 aromatic carbocycles. The molecular weight excluding hydrogens is 286 g/mol. The number of benzene rings is 1. The third-order valence-corrected chi connectivity index (χ3v) is 4.46. The maximum atomic E-state index is 4.67. The normalized spacial score (nSPS) is 18.0. The highest BCUT2D eigenvalue weighted by molar-refractivity contribution is 5.41. The van der Waals surface area contributed by atoms with E-state index < -0.39 is 0 Å². The van der Waals surface area contributed by atoms with Crippen LogP contribution in [-0.2, 0) is 6.54 Å². The second-order valence-electron chi connectivity index (χ2n) is 6.24. The van der Waals surface area contributed by atoms with Crippen molar-refractivity contribution < 1.29 is 0 Å². The summed E-state index contributed by atoms with van der Waals surface area (Å²) in [5.74, 6) is 1.54. The molecule has 1 unspecified atom stereocenters. The number of piperidine rings is 1. The van der Waals surface area contributed by atoms with Gasteiger partial charge in [-0.3, -0.25) is 0 Å². The Morgan fingerprint density at radius 1 is 1.30 bits per heavy atom. The van der Waals surface area contributed by atoms with Gasteiger partial charge in [0, 0.05) is 19.1 Å². The molecule has 5 nitrogen and oxygen atoms in total. The van der Waals surface area contributed by atoms with Crippen molar-refractivity contribution in [1.29, 1.82) is 0 Å². The Balaban J connectivity index is 1.69. The highest BCUT2D eigenvalue weighted by atomic mass is 15.3. The molecule has 1 atom stereocenters. The summed E-state index contributed by atoms with van der Waals surface area (Å²) in [6.07, 6.45) is 6.56. The molecule has 3 rings (SSSR count). The van der Waals surface area contributed by atoms with E-state index in [-0.39, 0.29) is 0 Å². The highest BCUT2D eigenvalue weighted by Gasteiger charge is 2.23. The molecule has 5 heteroatoms. The van der Waals surface area contributed by atoms with Crippen LogP contribution in [0.5, 0.6) is 0 Å². The van der Waals surface area contributed by atoms with E-state index in [2.05, 4.69) is 63.5 Å². The fourth-order valence-electron chi connectivity index (χ4n) is 3.20. The van der Waals surface area contributed by atoms with Crippen LogP contribution in [0.1, 0.15) is 43.7 Å². The number of aromatic nitrogens is 3. The SMILES string of the molecule is CCC1CCCCN1c1nncc(NCc2cccc(C)c2)n1. The Kier molecular flexibility index (Phi) is 5.05. The van der Waals surface area contributed by atoms with Crippen molar-refractivity contribution >= 4 is 11.8 Å². The predicted molar refractivity (Wildman–Crippen MR) is 93.6 cm³/mol. The fourth-order valence-corrected chi connectivity index (χ4v) is 3.20. The minimum Gasteiger partial charge on any atom is -0.365 e. The van der Waals surface area contributed by atoms with Crippen LogP contribution in [0.15, 0.2) is 30.5 Å². The van der Waals surface area contributed by atoms with Crippen LogP contribution < -0.4 is 10.2 Å². The van der Waals surface area contributed by atoms with Crippen LogP contribution in [0, 0.1) is 6.92 Å². The van der Waals surface area contributed by atoms with Gasteiger partial charge in [0.15, 0.2) is 5.82 Å². The Morgan fingerprint density at radius 3 is 3.04 bits per heavy atom. The summed E-state index contributed by atoms with van der Waals surface area (Å²) in [6.45, 7) is 6.11. The van der Waals surface area contributed by atoms with Gasteiger partial charge in [0.25, 0.3) is 0 Å². The minimum absolute atomic E-state index is 0.539. The number of anilines is 2. The first-order valence-electron chi connectivity index (χ1n) is 8.52. The molecule has 2 aromatic rings. The molecule has 0 saturated carbocycles. The van der Waals surface area contributed by atoms with Gasteiger partial charge in [-0.2, -0.15) is 10.1 Å². The molecule has 23 heavy (non-hydrogen) atoms. The summed E-state index contributed by atoms with van der Waals surface area (Å²) >= 11 is 0. The Hall–Kier alpha value is -2.17. The molecule has 0 amide bonds. The second kappa shape index (κ2) is 7.40. The number of aryl methyl sites for hydroxylation is 1. The van der Waals surface area contributed by atoms with E-state index in [0.717, 1.165) is 31.3 Å². The van der Waals surface area contributed by atoms with Crippen molar-refractivity contribution in [3.63, 3.8) is 0 Å². The number of rotatable bonds is 5.